The van der Waals surface area contributed by atoms with Crippen molar-refractivity contribution in [1.29, 1.82) is 0 Å². The van der Waals surface area contributed by atoms with Gasteiger partial charge >= 0.3 is 11.6 Å². The van der Waals surface area contributed by atoms with E-state index in [2.05, 4.69) is 39.7 Å². The number of piperidine rings is 1. The first-order chi connectivity index (χ1) is 13.6. The van der Waals surface area contributed by atoms with Crippen LogP contribution in [0.5, 0.6) is 5.88 Å². The monoisotopic (exact) mass is 404 g/mol. The van der Waals surface area contributed by atoms with E-state index >= 15 is 0 Å². The molecule has 0 radical (unpaired) electrons. The van der Waals surface area contributed by atoms with Crippen molar-refractivity contribution >= 4 is 23.1 Å². The SMILES string of the molecule is Cc1ccc(Nc2ncnc(OC3CC4COCC(C3)N4)c2C)cc1.O=S=O. The molecule has 0 spiro atoms. The van der Waals surface area contributed by atoms with Gasteiger partial charge in [0.2, 0.25) is 5.88 Å². The van der Waals surface area contributed by atoms with Crippen molar-refractivity contribution in [1.82, 2.24) is 15.3 Å². The lowest BCUT2D eigenvalue weighted by atomic mass is 9.95. The van der Waals surface area contributed by atoms with Crippen LogP contribution in [-0.4, -0.2) is 49.8 Å². The van der Waals surface area contributed by atoms with Crippen molar-refractivity contribution < 1.29 is 17.9 Å². The number of anilines is 2. The Kier molecular flexibility index (Phi) is 7.07. The highest BCUT2D eigenvalue weighted by molar-refractivity contribution is 7.51. The largest absolute Gasteiger partial charge is 0.474 e. The number of hydrogen-bond acceptors (Lipinski definition) is 8. The fourth-order valence-corrected chi connectivity index (χ4v) is 3.49. The van der Waals surface area contributed by atoms with Gasteiger partial charge in [-0.25, -0.2) is 9.97 Å². The van der Waals surface area contributed by atoms with Gasteiger partial charge < -0.3 is 20.1 Å². The Morgan fingerprint density at radius 2 is 1.75 bits per heavy atom. The van der Waals surface area contributed by atoms with Gasteiger partial charge in [0.25, 0.3) is 0 Å². The van der Waals surface area contributed by atoms with Crippen LogP contribution in [0.15, 0.2) is 30.6 Å². The minimum absolute atomic E-state index is 0.168. The van der Waals surface area contributed by atoms with Gasteiger partial charge in [-0.3, -0.25) is 0 Å². The maximum absolute atomic E-state index is 8.29. The highest BCUT2D eigenvalue weighted by atomic mass is 32.1. The van der Waals surface area contributed by atoms with Crippen molar-refractivity contribution in [2.75, 3.05) is 18.5 Å². The number of aryl methyl sites for hydroxylation is 1. The minimum Gasteiger partial charge on any atom is -0.474 e. The van der Waals surface area contributed by atoms with Gasteiger partial charge in [0.05, 0.1) is 18.8 Å². The number of morpholine rings is 1. The molecule has 1 aromatic heterocycles. The van der Waals surface area contributed by atoms with E-state index in [1.807, 2.05) is 19.1 Å². The Morgan fingerprint density at radius 1 is 1.11 bits per heavy atom. The standard InChI is InChI=1S/C19H24N4O2.O2S/c1-12-3-5-14(6-4-12)23-18-13(2)19(21-11-20-18)25-17-7-15-9-24-10-16(8-17)22-15;1-3-2/h3-6,11,15-17,22H,7-10H2,1-2H3,(H,20,21,23);. The smallest absolute Gasteiger partial charge is 0.335 e. The van der Waals surface area contributed by atoms with Crippen molar-refractivity contribution in [3.8, 4) is 5.88 Å². The Balaban J connectivity index is 0.000000706. The normalized spacial score (nSPS) is 23.1. The Hall–Kier alpha value is -2.36. The molecule has 0 saturated carbocycles. The Bertz CT molecular complexity index is 815. The zero-order chi connectivity index (χ0) is 19.9. The van der Waals surface area contributed by atoms with Crippen molar-refractivity contribution in [2.45, 2.75) is 44.9 Å². The predicted octanol–water partition coefficient (Wildman–Crippen LogP) is 2.07. The van der Waals surface area contributed by atoms with Crippen LogP contribution in [0.25, 0.3) is 0 Å². The maximum atomic E-state index is 8.29. The zero-order valence-corrected chi connectivity index (χ0v) is 16.7. The Morgan fingerprint density at radius 3 is 2.39 bits per heavy atom. The van der Waals surface area contributed by atoms with Crippen LogP contribution in [0.4, 0.5) is 11.5 Å². The summed E-state index contributed by atoms with van der Waals surface area (Å²) in [6, 6.07) is 9.00. The minimum atomic E-state index is -0.750. The summed E-state index contributed by atoms with van der Waals surface area (Å²) in [5, 5.41) is 6.94. The number of aromatic nitrogens is 2. The van der Waals surface area contributed by atoms with Crippen LogP contribution >= 0.6 is 0 Å². The molecule has 2 aliphatic heterocycles. The highest BCUT2D eigenvalue weighted by Gasteiger charge is 2.33. The summed E-state index contributed by atoms with van der Waals surface area (Å²) in [7, 11) is 0. The van der Waals surface area contributed by atoms with Gasteiger partial charge in [-0.15, -0.1) is 0 Å². The molecule has 2 saturated heterocycles. The van der Waals surface area contributed by atoms with E-state index in [9.17, 15) is 0 Å². The predicted molar refractivity (Wildman–Crippen MR) is 105 cm³/mol. The maximum Gasteiger partial charge on any atom is 0.335 e. The van der Waals surface area contributed by atoms with Gasteiger partial charge in [-0.1, -0.05) is 17.7 Å². The summed E-state index contributed by atoms with van der Waals surface area (Å²) in [4.78, 5) is 8.73. The summed E-state index contributed by atoms with van der Waals surface area (Å²) in [6.45, 7) is 5.60. The number of nitrogens with zero attached hydrogens (tertiary/aromatic N) is 2. The molecule has 0 aliphatic carbocycles. The number of rotatable bonds is 4. The van der Waals surface area contributed by atoms with E-state index in [1.54, 1.807) is 6.33 Å². The van der Waals surface area contributed by atoms with Crippen LogP contribution in [-0.2, 0) is 16.3 Å². The van der Waals surface area contributed by atoms with E-state index in [0.717, 1.165) is 43.1 Å². The van der Waals surface area contributed by atoms with Gasteiger partial charge in [-0.2, -0.15) is 8.42 Å². The molecular formula is C19H24N4O4S. The zero-order valence-electron chi connectivity index (χ0n) is 15.9. The van der Waals surface area contributed by atoms with Crippen LogP contribution < -0.4 is 15.4 Å². The molecule has 3 heterocycles. The molecule has 150 valence electrons. The molecule has 9 heteroatoms. The fraction of sp³-hybridized carbons (Fsp3) is 0.474. The van der Waals surface area contributed by atoms with Crippen molar-refractivity contribution in [3.63, 3.8) is 0 Å². The number of ether oxygens (including phenoxy) is 2. The second-order valence-corrected chi connectivity index (χ2v) is 7.16. The van der Waals surface area contributed by atoms with E-state index < -0.39 is 11.6 Å². The molecule has 2 fully saturated rings. The van der Waals surface area contributed by atoms with Crippen molar-refractivity contribution in [2.24, 2.45) is 0 Å². The van der Waals surface area contributed by atoms with E-state index in [-0.39, 0.29) is 6.10 Å². The first-order valence-corrected chi connectivity index (χ1v) is 9.83. The second kappa shape index (κ2) is 9.72. The summed E-state index contributed by atoms with van der Waals surface area (Å²) in [5.74, 6) is 1.45. The molecule has 1 aromatic carbocycles. The number of hydrogen-bond donors (Lipinski definition) is 2. The third-order valence-corrected chi connectivity index (χ3v) is 4.83. The average molecular weight is 404 g/mol. The number of benzene rings is 1. The Labute approximate surface area is 167 Å². The number of fused-ring (bicyclic) bond motifs is 2. The molecule has 2 aromatic rings. The van der Waals surface area contributed by atoms with E-state index in [1.165, 1.54) is 5.56 Å². The van der Waals surface area contributed by atoms with Crippen LogP contribution in [0.2, 0.25) is 0 Å². The molecule has 2 bridgehead atoms. The van der Waals surface area contributed by atoms with Crippen LogP contribution in [0.3, 0.4) is 0 Å². The molecule has 0 amide bonds. The molecule has 2 aliphatic rings. The number of nitrogens with one attached hydrogen (secondary N) is 2. The van der Waals surface area contributed by atoms with Crippen LogP contribution in [0, 0.1) is 13.8 Å². The van der Waals surface area contributed by atoms with E-state index in [0.29, 0.717) is 18.0 Å². The summed E-state index contributed by atoms with van der Waals surface area (Å²) in [5.41, 5.74) is 3.17. The third kappa shape index (κ3) is 5.34. The second-order valence-electron chi connectivity index (χ2n) is 7.02. The highest BCUT2D eigenvalue weighted by Crippen LogP contribution is 2.28. The molecule has 8 nitrogen and oxygen atoms in total. The molecule has 2 N–H and O–H groups in total. The van der Waals surface area contributed by atoms with Gasteiger partial charge in [0.1, 0.15) is 18.2 Å². The van der Waals surface area contributed by atoms with E-state index in [4.69, 9.17) is 17.9 Å². The lowest BCUT2D eigenvalue weighted by Gasteiger charge is -2.39. The third-order valence-electron chi connectivity index (χ3n) is 4.83. The fourth-order valence-electron chi connectivity index (χ4n) is 3.49. The quantitative estimate of drug-likeness (QED) is 0.798. The summed E-state index contributed by atoms with van der Waals surface area (Å²) < 4.78 is 28.4. The lowest BCUT2D eigenvalue weighted by Crippen LogP contribution is -2.56. The molecular weight excluding hydrogens is 380 g/mol. The molecule has 4 rings (SSSR count). The first-order valence-electron chi connectivity index (χ1n) is 9.16. The molecule has 2 unspecified atom stereocenters. The van der Waals surface area contributed by atoms with Gasteiger partial charge in [-0.05, 0) is 26.0 Å². The topological polar surface area (TPSA) is 102 Å². The van der Waals surface area contributed by atoms with Crippen molar-refractivity contribution in [3.05, 3.63) is 41.7 Å². The summed E-state index contributed by atoms with van der Waals surface area (Å²) >= 11 is -0.750. The van der Waals surface area contributed by atoms with Gasteiger partial charge in [0.15, 0.2) is 0 Å². The first kappa shape index (κ1) is 20.4. The molecule has 2 atom stereocenters. The lowest BCUT2D eigenvalue weighted by molar-refractivity contribution is -0.0134. The van der Waals surface area contributed by atoms with Crippen LogP contribution in [0.1, 0.15) is 24.0 Å². The summed E-state index contributed by atoms with van der Waals surface area (Å²) in [6.07, 6.45) is 3.62. The molecule has 28 heavy (non-hydrogen) atoms. The van der Waals surface area contributed by atoms with Gasteiger partial charge in [0, 0.05) is 30.6 Å². The average Bonchev–Trinajstić information content (AvgIpc) is 2.67.